The number of anilines is 6. The van der Waals surface area contributed by atoms with Crippen LogP contribution in [0, 0.1) is 46.1 Å². The Morgan fingerprint density at radius 3 is 1.55 bits per heavy atom. The molecule has 2 saturated heterocycles. The molecule has 2 aromatic heterocycles. The summed E-state index contributed by atoms with van der Waals surface area (Å²) in [4.78, 5) is 44.0. The number of rotatable bonds is 12. The second-order valence-corrected chi connectivity index (χ2v) is 17.6. The van der Waals surface area contributed by atoms with Crippen LogP contribution in [0.2, 0.25) is 10.0 Å². The normalized spacial score (nSPS) is 17.9. The maximum Gasteiger partial charge on any atom is 0.698 e. The van der Waals surface area contributed by atoms with Crippen LogP contribution in [0.25, 0.3) is 21.8 Å². The first-order valence-corrected chi connectivity index (χ1v) is 22.1. The minimum atomic E-state index is -2.99. The monoisotopic (exact) mass is 953 g/mol. The summed E-state index contributed by atoms with van der Waals surface area (Å²) in [5, 5.41) is 12.0. The van der Waals surface area contributed by atoms with Gasteiger partial charge in [0.1, 0.15) is 24.3 Å². The third-order valence-corrected chi connectivity index (χ3v) is 11.8. The van der Waals surface area contributed by atoms with Gasteiger partial charge in [0.05, 0.1) is 79.0 Å². The van der Waals surface area contributed by atoms with Gasteiger partial charge in [-0.3, -0.25) is 9.59 Å². The number of nitrogens with one attached hydrogen (secondary N) is 4. The zero-order valence-electron chi connectivity index (χ0n) is 35.2. The minimum Gasteiger partial charge on any atom is -0.380 e. The van der Waals surface area contributed by atoms with Gasteiger partial charge in [0, 0.05) is 28.6 Å². The lowest BCUT2D eigenvalue weighted by Crippen LogP contribution is -2.19. The number of aromatic nitrogens is 4. The molecule has 0 bridgehead atoms. The summed E-state index contributed by atoms with van der Waals surface area (Å²) in [5.74, 6) is 10.4. The molecule has 4 N–H and O–H groups in total. The molecule has 8 rings (SSSR count). The Morgan fingerprint density at radius 1 is 0.697 bits per heavy atom. The Bertz CT molecular complexity index is 2840. The molecular weight excluding hydrogens is 916 g/mol. The second kappa shape index (κ2) is 20.0. The van der Waals surface area contributed by atoms with Gasteiger partial charge in [-0.15, -0.1) is 9.05 Å². The van der Waals surface area contributed by atoms with E-state index in [-0.39, 0.29) is 44.4 Å². The zero-order chi connectivity index (χ0) is 46.4. The third-order valence-electron chi connectivity index (χ3n) is 10.5. The molecule has 6 aromatic rings. The van der Waals surface area contributed by atoms with Crippen molar-refractivity contribution >= 4 is 99.5 Å². The van der Waals surface area contributed by atoms with Crippen LogP contribution in [0.5, 0.6) is 0 Å². The van der Waals surface area contributed by atoms with Crippen molar-refractivity contribution in [3.05, 3.63) is 106 Å². The quantitative estimate of drug-likeness (QED) is 0.0672. The fourth-order valence-electron chi connectivity index (χ4n) is 6.88. The van der Waals surface area contributed by atoms with E-state index in [4.69, 9.17) is 41.7 Å². The van der Waals surface area contributed by atoms with E-state index in [1.807, 2.05) is 13.8 Å². The number of carbonyl (C=O) groups is 2. The molecule has 0 aliphatic carbocycles. The smallest absolute Gasteiger partial charge is 0.380 e. The maximum atomic E-state index is 14.9. The van der Waals surface area contributed by atoms with Crippen LogP contribution in [0.15, 0.2) is 73.3 Å². The Morgan fingerprint density at radius 2 is 1.14 bits per heavy atom. The summed E-state index contributed by atoms with van der Waals surface area (Å²) in [5.41, 5.74) is 1.42. The van der Waals surface area contributed by atoms with E-state index in [2.05, 4.69) is 64.9 Å². The molecule has 2 aliphatic rings. The number of fused-ring (bicyclic) bond motifs is 2. The second-order valence-electron chi connectivity index (χ2n) is 15.8. The van der Waals surface area contributed by atoms with E-state index in [0.29, 0.717) is 72.2 Å². The highest BCUT2D eigenvalue weighted by atomic mass is 35.5. The first-order chi connectivity index (χ1) is 31.7. The molecule has 0 spiro atoms. The summed E-state index contributed by atoms with van der Waals surface area (Å²) < 4.78 is 64.2. The Hall–Kier alpha value is -6.40. The van der Waals surface area contributed by atoms with Crippen molar-refractivity contribution in [2.75, 3.05) is 60.9 Å². The number of benzene rings is 4. The molecule has 0 radical (unpaired) electrons. The van der Waals surface area contributed by atoms with E-state index in [1.54, 1.807) is 36.4 Å². The Labute approximate surface area is 387 Å². The van der Waals surface area contributed by atoms with Crippen molar-refractivity contribution in [2.24, 2.45) is 10.8 Å². The third kappa shape index (κ3) is 11.0. The first kappa shape index (κ1) is 46.1. The molecule has 336 valence electrons. The molecule has 2 amide bonds. The van der Waals surface area contributed by atoms with E-state index in [9.17, 15) is 22.9 Å². The highest BCUT2D eigenvalue weighted by Crippen LogP contribution is 2.35. The summed E-state index contributed by atoms with van der Waals surface area (Å²) in [6.07, 6.45) is 4.03. The van der Waals surface area contributed by atoms with Gasteiger partial charge in [0.2, 0.25) is 0 Å². The largest absolute Gasteiger partial charge is 0.698 e. The van der Waals surface area contributed by atoms with Crippen LogP contribution in [0.1, 0.15) is 37.8 Å². The lowest BCUT2D eigenvalue weighted by atomic mass is 9.90. The standard InChI is InChI=1S/C46H37Cl2F2N8O7P/c1-45(13-15-62-23-45)11-9-27-17-37-29(43(53-25-51-37)57-33-7-3-5-31(47)41(33)49)19-35(27)55-39(59)21-64-66(61)65-22-40(60)56-36-20-30-38(18-28(36)10-12-46(2)14-16-63-24-46)52-26-54-44(30)58-34-8-4-6-32(48)42(34)50/h3-8,17-20,25-26H,13-16,21-24H2,1-2H3,(H3-,51,52,53,54,55,56,57,58,59,60)/p+1. The van der Waals surface area contributed by atoms with Crippen LogP contribution in [-0.2, 0) is 32.7 Å². The number of hydrogen-bond donors (Lipinski definition) is 4. The average Bonchev–Trinajstić information content (AvgIpc) is 3.95. The molecule has 2 atom stereocenters. The predicted octanol–water partition coefficient (Wildman–Crippen LogP) is 9.47. The average molecular weight is 955 g/mol. The van der Waals surface area contributed by atoms with Gasteiger partial charge < -0.3 is 30.7 Å². The van der Waals surface area contributed by atoms with Gasteiger partial charge in [0.15, 0.2) is 24.8 Å². The molecule has 2 unspecified atom stereocenters. The molecule has 2 fully saturated rings. The van der Waals surface area contributed by atoms with Gasteiger partial charge in [-0.05, 0) is 75.2 Å². The van der Waals surface area contributed by atoms with Gasteiger partial charge in [-0.25, -0.2) is 28.7 Å². The summed E-state index contributed by atoms with van der Waals surface area (Å²) in [7, 11) is -2.99. The molecule has 2 aliphatic heterocycles. The number of ether oxygens (including phenoxy) is 2. The molecule has 4 aromatic carbocycles. The zero-order valence-corrected chi connectivity index (χ0v) is 37.6. The van der Waals surface area contributed by atoms with Crippen LogP contribution >= 0.6 is 31.5 Å². The van der Waals surface area contributed by atoms with Crippen molar-refractivity contribution in [3.8, 4) is 23.7 Å². The van der Waals surface area contributed by atoms with Crippen molar-refractivity contribution in [3.63, 3.8) is 0 Å². The van der Waals surface area contributed by atoms with Gasteiger partial charge in [-0.2, -0.15) is 0 Å². The first-order valence-electron chi connectivity index (χ1n) is 20.3. The van der Waals surface area contributed by atoms with E-state index in [1.165, 1.54) is 36.9 Å². The minimum absolute atomic E-state index is 0.0661. The highest BCUT2D eigenvalue weighted by molar-refractivity contribution is 7.33. The van der Waals surface area contributed by atoms with Crippen LogP contribution in [0.4, 0.5) is 43.2 Å². The molecule has 66 heavy (non-hydrogen) atoms. The van der Waals surface area contributed by atoms with E-state index >= 15 is 0 Å². The maximum absolute atomic E-state index is 14.9. The number of halogens is 4. The van der Waals surface area contributed by atoms with Crippen molar-refractivity contribution in [1.82, 2.24) is 19.9 Å². The molecule has 15 nitrogen and oxygen atoms in total. The number of hydrogen-bond acceptors (Lipinski definition) is 13. The molecular formula is C46H38Cl2F2N8O7P+. The van der Waals surface area contributed by atoms with Gasteiger partial charge >= 0.3 is 8.25 Å². The van der Waals surface area contributed by atoms with Crippen molar-refractivity contribution in [1.29, 1.82) is 0 Å². The summed E-state index contributed by atoms with van der Waals surface area (Å²) >= 11 is 12.0. The van der Waals surface area contributed by atoms with Crippen LogP contribution in [0.3, 0.4) is 0 Å². The van der Waals surface area contributed by atoms with Crippen molar-refractivity contribution < 1.29 is 41.5 Å². The van der Waals surface area contributed by atoms with E-state index in [0.717, 1.165) is 0 Å². The van der Waals surface area contributed by atoms with E-state index < -0.39 is 55.7 Å². The van der Waals surface area contributed by atoms with Crippen LogP contribution in [-0.4, -0.2) is 71.4 Å². The predicted molar refractivity (Wildman–Crippen MR) is 246 cm³/mol. The Balaban J connectivity index is 0.966. The highest BCUT2D eigenvalue weighted by Gasteiger charge is 2.29. The molecule has 4 heterocycles. The molecule has 20 heteroatoms. The lowest BCUT2D eigenvalue weighted by molar-refractivity contribution is -0.118. The lowest BCUT2D eigenvalue weighted by Gasteiger charge is -2.14. The SMILES string of the molecule is CC1(C#Cc2cc3ncnc(Nc4cccc(Cl)c4F)c3cc2NC(=O)CO[P+](=O)OCC(=O)Nc2cc3c(Nc4cccc(Cl)c4F)ncnc3cc2C#CC2(C)CCOC2)CCOC1. The number of carbonyl (C=O) groups excluding carboxylic acids is 2. The number of amides is 2. The summed E-state index contributed by atoms with van der Waals surface area (Å²) in [6.45, 7) is 4.45. The van der Waals surface area contributed by atoms with Gasteiger partial charge in [-0.1, -0.05) is 59.0 Å². The van der Waals surface area contributed by atoms with Crippen molar-refractivity contribution in [2.45, 2.75) is 26.7 Å². The Kier molecular flexibility index (Phi) is 14.0. The fraction of sp³-hybridized carbons (Fsp3) is 0.261. The molecule has 0 saturated carbocycles. The van der Waals surface area contributed by atoms with Gasteiger partial charge in [0.25, 0.3) is 11.8 Å². The summed E-state index contributed by atoms with van der Waals surface area (Å²) in [6, 6.07) is 15.4. The fourth-order valence-corrected chi connectivity index (χ4v) is 7.74. The number of nitrogens with zero attached hydrogens (tertiary/aromatic N) is 4. The topological polar surface area (TPSA) is 188 Å². The van der Waals surface area contributed by atoms with Crippen LogP contribution < -0.4 is 21.3 Å².